The number of nitrogens with one attached hydrogen (secondary N) is 1. The predicted octanol–water partition coefficient (Wildman–Crippen LogP) is 2.65. The molecule has 3 rings (SSSR count). The van der Waals surface area contributed by atoms with E-state index in [1.165, 1.54) is 0 Å². The van der Waals surface area contributed by atoms with E-state index >= 15 is 0 Å². The van der Waals surface area contributed by atoms with E-state index in [4.69, 9.17) is 11.6 Å². The van der Waals surface area contributed by atoms with Crippen LogP contribution in [0, 0.1) is 6.92 Å². The molecule has 3 aromatic heterocycles. The van der Waals surface area contributed by atoms with Crippen LogP contribution in [0.25, 0.3) is 16.9 Å². The van der Waals surface area contributed by atoms with Gasteiger partial charge < -0.3 is 9.38 Å². The largest absolute Gasteiger partial charge is 0.325 e. The fourth-order valence-electron chi connectivity index (χ4n) is 1.93. The number of aryl methyl sites for hydroxylation is 1. The lowest BCUT2D eigenvalue weighted by atomic mass is 10.1. The minimum Gasteiger partial charge on any atom is -0.325 e. The number of aromatic amines is 1. The van der Waals surface area contributed by atoms with Gasteiger partial charge in [0.2, 0.25) is 0 Å². The molecule has 1 N–H and O–H groups in total. The van der Waals surface area contributed by atoms with Crippen molar-refractivity contribution in [2.24, 2.45) is 0 Å². The molecular formula is C13H10ClN3O. The lowest BCUT2D eigenvalue weighted by molar-refractivity contribution is 1.14. The van der Waals surface area contributed by atoms with Crippen molar-refractivity contribution in [1.29, 1.82) is 0 Å². The van der Waals surface area contributed by atoms with Crippen molar-refractivity contribution in [3.63, 3.8) is 0 Å². The summed E-state index contributed by atoms with van der Waals surface area (Å²) in [5.41, 5.74) is 2.96. The van der Waals surface area contributed by atoms with E-state index in [1.807, 2.05) is 41.9 Å². The molecule has 0 saturated heterocycles. The molecule has 0 aromatic carbocycles. The van der Waals surface area contributed by atoms with Crippen molar-refractivity contribution in [1.82, 2.24) is 14.4 Å². The summed E-state index contributed by atoms with van der Waals surface area (Å²) in [6.07, 6.45) is 3.83. The summed E-state index contributed by atoms with van der Waals surface area (Å²) in [6, 6.07) is 7.44. The zero-order valence-electron chi connectivity index (χ0n) is 9.64. The molecule has 5 heteroatoms. The van der Waals surface area contributed by atoms with Crippen LogP contribution in [0.15, 0.2) is 41.5 Å². The van der Waals surface area contributed by atoms with Gasteiger partial charge in [0.05, 0.1) is 5.69 Å². The highest BCUT2D eigenvalue weighted by molar-refractivity contribution is 6.30. The lowest BCUT2D eigenvalue weighted by Gasteiger charge is -2.02. The van der Waals surface area contributed by atoms with Crippen molar-refractivity contribution in [2.75, 3.05) is 0 Å². The van der Waals surface area contributed by atoms with Crippen LogP contribution in [-0.4, -0.2) is 14.4 Å². The molecule has 0 saturated carbocycles. The van der Waals surface area contributed by atoms with Gasteiger partial charge in [0, 0.05) is 23.7 Å². The number of halogens is 1. The first-order chi connectivity index (χ1) is 8.65. The first kappa shape index (κ1) is 11.0. The van der Waals surface area contributed by atoms with E-state index < -0.39 is 0 Å². The number of rotatable bonds is 1. The van der Waals surface area contributed by atoms with E-state index in [2.05, 4.69) is 9.97 Å². The second kappa shape index (κ2) is 3.99. The van der Waals surface area contributed by atoms with Gasteiger partial charge in [-0.2, -0.15) is 0 Å². The topological polar surface area (TPSA) is 50.2 Å². The third kappa shape index (κ3) is 1.71. The summed E-state index contributed by atoms with van der Waals surface area (Å²) in [7, 11) is 0. The Balaban J connectivity index is 2.26. The minimum absolute atomic E-state index is 0.174. The molecule has 4 nitrogen and oxygen atoms in total. The Bertz CT molecular complexity index is 755. The Labute approximate surface area is 108 Å². The van der Waals surface area contributed by atoms with Gasteiger partial charge in [-0.25, -0.2) is 4.98 Å². The third-order valence-corrected chi connectivity index (χ3v) is 3.11. The molecule has 90 valence electrons. The van der Waals surface area contributed by atoms with Crippen LogP contribution in [0.2, 0.25) is 5.02 Å². The molecule has 0 bridgehead atoms. The van der Waals surface area contributed by atoms with E-state index in [0.29, 0.717) is 0 Å². The van der Waals surface area contributed by atoms with Gasteiger partial charge >= 0.3 is 0 Å². The van der Waals surface area contributed by atoms with E-state index in [-0.39, 0.29) is 10.6 Å². The van der Waals surface area contributed by atoms with Crippen LogP contribution < -0.4 is 5.56 Å². The van der Waals surface area contributed by atoms with Gasteiger partial charge in [-0.3, -0.25) is 4.79 Å². The molecular weight excluding hydrogens is 250 g/mol. The van der Waals surface area contributed by atoms with Crippen LogP contribution >= 0.6 is 11.6 Å². The number of aromatic nitrogens is 3. The maximum Gasteiger partial charge on any atom is 0.266 e. The van der Waals surface area contributed by atoms with Crippen LogP contribution in [0.3, 0.4) is 0 Å². The number of imidazole rings is 1. The van der Waals surface area contributed by atoms with Crippen molar-refractivity contribution >= 4 is 17.2 Å². The van der Waals surface area contributed by atoms with E-state index in [9.17, 15) is 4.79 Å². The molecule has 0 aliphatic carbocycles. The Hall–Kier alpha value is -2.07. The van der Waals surface area contributed by atoms with Gasteiger partial charge in [-0.1, -0.05) is 17.7 Å². The maximum atomic E-state index is 11.4. The highest BCUT2D eigenvalue weighted by Gasteiger charge is 2.09. The predicted molar refractivity (Wildman–Crippen MR) is 71.0 cm³/mol. The number of hydrogen-bond acceptors (Lipinski definition) is 2. The first-order valence-corrected chi connectivity index (χ1v) is 5.86. The molecule has 0 spiro atoms. The highest BCUT2D eigenvalue weighted by atomic mass is 35.5. The highest BCUT2D eigenvalue weighted by Crippen LogP contribution is 2.22. The average Bonchev–Trinajstić information content (AvgIpc) is 2.77. The molecule has 0 fully saturated rings. The monoisotopic (exact) mass is 259 g/mol. The SMILES string of the molecule is Cc1[nH]c(=O)c(Cl)cc1-c1cn2ccccc2n1. The summed E-state index contributed by atoms with van der Waals surface area (Å²) in [6.45, 7) is 1.83. The zero-order valence-corrected chi connectivity index (χ0v) is 10.4. The number of hydrogen-bond donors (Lipinski definition) is 1. The Morgan fingerprint density at radius 2 is 2.22 bits per heavy atom. The van der Waals surface area contributed by atoms with Crippen LogP contribution in [-0.2, 0) is 0 Å². The fraction of sp³-hybridized carbons (Fsp3) is 0.0769. The second-order valence-corrected chi connectivity index (χ2v) is 4.48. The quantitative estimate of drug-likeness (QED) is 0.730. The van der Waals surface area contributed by atoms with E-state index in [1.54, 1.807) is 6.07 Å². The molecule has 3 aromatic rings. The number of pyridine rings is 2. The molecule has 0 atom stereocenters. The normalized spacial score (nSPS) is 11.0. The molecule has 0 unspecified atom stereocenters. The zero-order chi connectivity index (χ0) is 12.7. The van der Waals surface area contributed by atoms with Crippen molar-refractivity contribution < 1.29 is 0 Å². The van der Waals surface area contributed by atoms with Crippen LogP contribution in [0.5, 0.6) is 0 Å². The maximum absolute atomic E-state index is 11.4. The second-order valence-electron chi connectivity index (χ2n) is 4.08. The smallest absolute Gasteiger partial charge is 0.266 e. The molecule has 0 aliphatic rings. The molecule has 3 heterocycles. The fourth-order valence-corrected chi connectivity index (χ4v) is 2.08. The van der Waals surface area contributed by atoms with Gasteiger partial charge in [0.15, 0.2) is 0 Å². The summed E-state index contributed by atoms with van der Waals surface area (Å²) in [5.74, 6) is 0. The Morgan fingerprint density at radius 1 is 1.39 bits per heavy atom. The minimum atomic E-state index is -0.276. The number of nitrogens with zero attached hydrogens (tertiary/aromatic N) is 2. The van der Waals surface area contributed by atoms with Gasteiger partial charge in [-0.15, -0.1) is 0 Å². The summed E-state index contributed by atoms with van der Waals surface area (Å²) >= 11 is 5.86. The van der Waals surface area contributed by atoms with Crippen molar-refractivity contribution in [3.05, 3.63) is 57.7 Å². The van der Waals surface area contributed by atoms with Crippen molar-refractivity contribution in [3.8, 4) is 11.3 Å². The van der Waals surface area contributed by atoms with Crippen LogP contribution in [0.4, 0.5) is 0 Å². The summed E-state index contributed by atoms with van der Waals surface area (Å²) in [5, 5.41) is 0.174. The first-order valence-electron chi connectivity index (χ1n) is 5.49. The van der Waals surface area contributed by atoms with Crippen molar-refractivity contribution in [2.45, 2.75) is 6.92 Å². The standard InChI is InChI=1S/C13H10ClN3O/c1-8-9(6-10(14)13(18)15-8)11-7-17-5-3-2-4-12(17)16-11/h2-7H,1H3,(H,15,18). The number of H-pyrrole nitrogens is 1. The van der Waals surface area contributed by atoms with Crippen LogP contribution in [0.1, 0.15) is 5.69 Å². The third-order valence-electron chi connectivity index (χ3n) is 2.83. The van der Waals surface area contributed by atoms with E-state index in [0.717, 1.165) is 22.6 Å². The molecule has 0 amide bonds. The number of fused-ring (bicyclic) bond motifs is 1. The molecule has 0 aliphatic heterocycles. The average molecular weight is 260 g/mol. The lowest BCUT2D eigenvalue weighted by Crippen LogP contribution is -2.08. The van der Waals surface area contributed by atoms with Gasteiger partial charge in [-0.05, 0) is 25.1 Å². The molecule has 0 radical (unpaired) electrons. The summed E-state index contributed by atoms with van der Waals surface area (Å²) in [4.78, 5) is 18.6. The Morgan fingerprint density at radius 3 is 3.00 bits per heavy atom. The molecule has 18 heavy (non-hydrogen) atoms. The summed E-state index contributed by atoms with van der Waals surface area (Å²) < 4.78 is 1.92. The Kier molecular flexibility index (Phi) is 2.45. The van der Waals surface area contributed by atoms with Gasteiger partial charge in [0.1, 0.15) is 10.7 Å². The van der Waals surface area contributed by atoms with Gasteiger partial charge in [0.25, 0.3) is 5.56 Å².